The maximum Gasteiger partial charge on any atom is 0.101 e. The molecular weight excluding hydrogens is 134 g/mol. The summed E-state index contributed by atoms with van der Waals surface area (Å²) in [5.74, 6) is 2.20. The highest BCUT2D eigenvalue weighted by molar-refractivity contribution is 7.99. The van der Waals surface area contributed by atoms with Gasteiger partial charge in [-0.1, -0.05) is 5.18 Å². The molecule has 0 spiro atoms. The first kappa shape index (κ1) is 7.06. The van der Waals surface area contributed by atoms with Gasteiger partial charge in [0.1, 0.15) is 5.54 Å². The highest BCUT2D eigenvalue weighted by Crippen LogP contribution is 2.29. The summed E-state index contributed by atoms with van der Waals surface area (Å²) in [4.78, 5) is 10.2. The summed E-state index contributed by atoms with van der Waals surface area (Å²) in [6.07, 6.45) is 1.92. The molecule has 0 bridgehead atoms. The molecule has 2 nitrogen and oxygen atoms in total. The van der Waals surface area contributed by atoms with Crippen molar-refractivity contribution in [2.24, 2.45) is 5.18 Å². The lowest BCUT2D eigenvalue weighted by atomic mass is 9.97. The largest absolute Gasteiger partial charge is 0.162 e. The van der Waals surface area contributed by atoms with Crippen molar-refractivity contribution in [1.82, 2.24) is 0 Å². The Balaban J connectivity index is 2.46. The van der Waals surface area contributed by atoms with Gasteiger partial charge in [-0.25, -0.2) is 0 Å². The van der Waals surface area contributed by atoms with Crippen LogP contribution in [0.2, 0.25) is 0 Å². The Kier molecular flexibility index (Phi) is 2.11. The minimum absolute atomic E-state index is 0.231. The Hall–Kier alpha value is -0.0500. The van der Waals surface area contributed by atoms with Gasteiger partial charge in [-0.2, -0.15) is 16.7 Å². The summed E-state index contributed by atoms with van der Waals surface area (Å²) in [7, 11) is 0. The molecule has 1 rings (SSSR count). The first-order valence-corrected chi connectivity index (χ1v) is 4.35. The molecule has 3 heteroatoms. The van der Waals surface area contributed by atoms with E-state index in [4.69, 9.17) is 0 Å². The fraction of sp³-hybridized carbons (Fsp3) is 1.00. The molecule has 52 valence electrons. The SMILES string of the molecule is CC1(N=O)CCSCC1. The quantitative estimate of drug-likeness (QED) is 0.528. The molecule has 1 heterocycles. The number of rotatable bonds is 1. The van der Waals surface area contributed by atoms with Gasteiger partial charge >= 0.3 is 0 Å². The van der Waals surface area contributed by atoms with E-state index in [2.05, 4.69) is 5.18 Å². The molecule has 0 aromatic carbocycles. The summed E-state index contributed by atoms with van der Waals surface area (Å²) in [6.45, 7) is 1.94. The smallest absolute Gasteiger partial charge is 0.101 e. The Bertz CT molecular complexity index is 110. The fourth-order valence-electron chi connectivity index (χ4n) is 0.902. The molecule has 1 aliphatic rings. The highest BCUT2D eigenvalue weighted by atomic mass is 32.2. The number of hydrogen-bond donors (Lipinski definition) is 0. The Morgan fingerprint density at radius 1 is 1.44 bits per heavy atom. The van der Waals surface area contributed by atoms with Crippen molar-refractivity contribution in [1.29, 1.82) is 0 Å². The summed E-state index contributed by atoms with van der Waals surface area (Å²) >= 11 is 1.91. The second-order valence-corrected chi connectivity index (χ2v) is 3.93. The predicted molar refractivity (Wildman–Crippen MR) is 40.8 cm³/mol. The number of nitrogens with zero attached hydrogens (tertiary/aromatic N) is 1. The number of nitroso groups, excluding NO2 is 1. The predicted octanol–water partition coefficient (Wildman–Crippen LogP) is 2.04. The molecule has 0 radical (unpaired) electrons. The van der Waals surface area contributed by atoms with Crippen LogP contribution in [0.3, 0.4) is 0 Å². The molecular formula is C6H11NOS. The molecule has 0 aromatic heterocycles. The monoisotopic (exact) mass is 145 g/mol. The van der Waals surface area contributed by atoms with E-state index in [1.54, 1.807) is 0 Å². The van der Waals surface area contributed by atoms with E-state index in [0.29, 0.717) is 0 Å². The lowest BCUT2D eigenvalue weighted by molar-refractivity contribution is 0.435. The molecule has 1 saturated heterocycles. The highest BCUT2D eigenvalue weighted by Gasteiger charge is 2.27. The van der Waals surface area contributed by atoms with Crippen molar-refractivity contribution < 1.29 is 0 Å². The van der Waals surface area contributed by atoms with Crippen molar-refractivity contribution >= 4 is 11.8 Å². The minimum Gasteiger partial charge on any atom is -0.162 e. The van der Waals surface area contributed by atoms with Crippen LogP contribution in [0.15, 0.2) is 5.18 Å². The standard InChI is InChI=1S/C6H11NOS/c1-6(7-8)2-4-9-5-3-6/h2-5H2,1H3. The van der Waals surface area contributed by atoms with Crippen LogP contribution in [0.4, 0.5) is 0 Å². The molecule has 9 heavy (non-hydrogen) atoms. The maximum atomic E-state index is 10.2. The average molecular weight is 145 g/mol. The van der Waals surface area contributed by atoms with Crippen LogP contribution < -0.4 is 0 Å². The van der Waals surface area contributed by atoms with Crippen molar-refractivity contribution in [2.75, 3.05) is 11.5 Å². The molecule has 0 amide bonds. The van der Waals surface area contributed by atoms with Gasteiger partial charge in [0.05, 0.1) is 0 Å². The Morgan fingerprint density at radius 2 is 2.00 bits per heavy atom. The normalized spacial score (nSPS) is 25.4. The third-order valence-corrected chi connectivity index (χ3v) is 2.78. The molecule has 1 aliphatic heterocycles. The van der Waals surface area contributed by atoms with Crippen molar-refractivity contribution in [3.8, 4) is 0 Å². The van der Waals surface area contributed by atoms with E-state index in [1.807, 2.05) is 18.7 Å². The minimum atomic E-state index is -0.231. The topological polar surface area (TPSA) is 29.4 Å². The third-order valence-electron chi connectivity index (χ3n) is 1.79. The van der Waals surface area contributed by atoms with E-state index < -0.39 is 0 Å². The van der Waals surface area contributed by atoms with Crippen LogP contribution in [-0.2, 0) is 0 Å². The molecule has 1 fully saturated rings. The van der Waals surface area contributed by atoms with Gasteiger partial charge in [0, 0.05) is 0 Å². The summed E-state index contributed by atoms with van der Waals surface area (Å²) in [5.41, 5.74) is -0.231. The average Bonchev–Trinajstić information content (AvgIpc) is 1.90. The van der Waals surface area contributed by atoms with Crippen LogP contribution in [0.1, 0.15) is 19.8 Å². The molecule has 0 aromatic rings. The van der Waals surface area contributed by atoms with Gasteiger partial charge in [0.2, 0.25) is 0 Å². The second-order valence-electron chi connectivity index (χ2n) is 2.70. The van der Waals surface area contributed by atoms with Gasteiger partial charge in [-0.05, 0) is 31.3 Å². The first-order chi connectivity index (χ1) is 4.27. The van der Waals surface area contributed by atoms with Crippen LogP contribution in [-0.4, -0.2) is 17.0 Å². The van der Waals surface area contributed by atoms with Crippen molar-refractivity contribution in [3.63, 3.8) is 0 Å². The zero-order valence-corrected chi connectivity index (χ0v) is 6.41. The zero-order valence-electron chi connectivity index (χ0n) is 5.59. The van der Waals surface area contributed by atoms with Gasteiger partial charge in [0.15, 0.2) is 0 Å². The third kappa shape index (κ3) is 1.68. The molecule has 0 aliphatic carbocycles. The van der Waals surface area contributed by atoms with Crippen LogP contribution in [0.5, 0.6) is 0 Å². The molecule has 0 saturated carbocycles. The van der Waals surface area contributed by atoms with Crippen molar-refractivity contribution in [3.05, 3.63) is 4.91 Å². The summed E-state index contributed by atoms with van der Waals surface area (Å²) < 4.78 is 0. The van der Waals surface area contributed by atoms with Crippen LogP contribution >= 0.6 is 11.8 Å². The molecule has 0 N–H and O–H groups in total. The number of hydrogen-bond acceptors (Lipinski definition) is 3. The molecule has 0 atom stereocenters. The van der Waals surface area contributed by atoms with E-state index >= 15 is 0 Å². The Morgan fingerprint density at radius 3 is 2.33 bits per heavy atom. The number of thioether (sulfide) groups is 1. The summed E-state index contributed by atoms with van der Waals surface area (Å²) in [6, 6.07) is 0. The zero-order chi connectivity index (χ0) is 6.74. The second kappa shape index (κ2) is 2.69. The van der Waals surface area contributed by atoms with Gasteiger partial charge in [0.25, 0.3) is 0 Å². The Labute approximate surface area is 59.4 Å². The van der Waals surface area contributed by atoms with Crippen LogP contribution in [0.25, 0.3) is 0 Å². The van der Waals surface area contributed by atoms with Crippen molar-refractivity contribution in [2.45, 2.75) is 25.3 Å². The van der Waals surface area contributed by atoms with Gasteiger partial charge in [-0.3, -0.25) is 0 Å². The first-order valence-electron chi connectivity index (χ1n) is 3.19. The van der Waals surface area contributed by atoms with E-state index in [9.17, 15) is 4.91 Å². The van der Waals surface area contributed by atoms with E-state index in [0.717, 1.165) is 24.3 Å². The maximum absolute atomic E-state index is 10.2. The van der Waals surface area contributed by atoms with E-state index in [1.165, 1.54) is 0 Å². The summed E-state index contributed by atoms with van der Waals surface area (Å²) in [5, 5.41) is 3.12. The lowest BCUT2D eigenvalue weighted by Gasteiger charge is -2.24. The fourth-order valence-corrected chi connectivity index (χ4v) is 2.27. The van der Waals surface area contributed by atoms with Crippen LogP contribution in [0, 0.1) is 4.91 Å². The molecule has 0 unspecified atom stereocenters. The van der Waals surface area contributed by atoms with Gasteiger partial charge in [-0.15, -0.1) is 0 Å². The van der Waals surface area contributed by atoms with Gasteiger partial charge < -0.3 is 0 Å². The lowest BCUT2D eigenvalue weighted by Crippen LogP contribution is -2.26. The van der Waals surface area contributed by atoms with E-state index in [-0.39, 0.29) is 5.54 Å².